The number of carbonyl (C=O) groups is 1. The molecule has 202 valence electrons. The standard InChI is InChI=1S/C23H29FN3O9P/c1-4-5-13-33-20(30)15(2)27(37(32)36-16-9-7-6-8-10-16)34-14-17-19(29)23(3,24)21(35-17)26-12-11-18(28)25-22(26)31/h6-12,15,17,19,21,29H,4-5,13-14H2,1-3H3/p+1/t15-,17+,19+,21+,23+/m0/s1. The molecule has 0 aliphatic carbocycles. The minimum Gasteiger partial charge on any atom is -0.464 e. The van der Waals surface area contributed by atoms with Crippen LogP contribution in [0.4, 0.5) is 4.39 Å². The summed E-state index contributed by atoms with van der Waals surface area (Å²) in [4.78, 5) is 44.4. The number of carbonyl (C=O) groups excluding carboxylic acids is 1. The summed E-state index contributed by atoms with van der Waals surface area (Å²) in [5, 5.41) is 10.6. The first-order valence-electron chi connectivity index (χ1n) is 11.7. The van der Waals surface area contributed by atoms with Crippen molar-refractivity contribution in [1.29, 1.82) is 0 Å². The van der Waals surface area contributed by atoms with E-state index in [1.807, 2.05) is 11.9 Å². The molecule has 0 radical (unpaired) electrons. The average Bonchev–Trinajstić information content (AvgIpc) is 3.08. The minimum atomic E-state index is -2.80. The summed E-state index contributed by atoms with van der Waals surface area (Å²) >= 11 is 0. The Bertz CT molecular complexity index is 1190. The third-order valence-electron chi connectivity index (χ3n) is 5.69. The molecule has 1 aromatic heterocycles. The first kappa shape index (κ1) is 28.6. The molecule has 0 amide bonds. The second-order valence-electron chi connectivity index (χ2n) is 8.58. The number of nitrogens with one attached hydrogen (secondary N) is 1. The van der Waals surface area contributed by atoms with E-state index < -0.39 is 62.2 Å². The summed E-state index contributed by atoms with van der Waals surface area (Å²) in [5.74, 6) is -0.482. The molecule has 1 saturated heterocycles. The van der Waals surface area contributed by atoms with Gasteiger partial charge in [-0.15, -0.1) is 0 Å². The molecule has 1 aliphatic heterocycles. The number of hydrogen-bond acceptors (Lipinski definition) is 9. The molecule has 3 rings (SSSR count). The van der Waals surface area contributed by atoms with E-state index in [2.05, 4.69) is 0 Å². The topological polar surface area (TPSA) is 149 Å². The lowest BCUT2D eigenvalue weighted by Crippen LogP contribution is -2.44. The van der Waals surface area contributed by atoms with E-state index in [0.717, 1.165) is 35.0 Å². The van der Waals surface area contributed by atoms with Crippen LogP contribution in [0.1, 0.15) is 39.8 Å². The van der Waals surface area contributed by atoms with E-state index >= 15 is 4.39 Å². The first-order valence-corrected chi connectivity index (χ1v) is 12.8. The molecule has 1 fully saturated rings. The van der Waals surface area contributed by atoms with E-state index in [0.29, 0.717) is 6.42 Å². The SMILES string of the molecule is CCCCOC(=O)[C@H](C)N(OC[C@H]1O[C@@H](n2ccc(=O)[nH]c2=O)[C@](C)(F)[C@@H]1O)[P+](=O)Oc1ccccc1. The zero-order chi connectivity index (χ0) is 27.2. The summed E-state index contributed by atoms with van der Waals surface area (Å²) in [5.41, 5.74) is -4.08. The zero-order valence-electron chi connectivity index (χ0n) is 20.6. The Morgan fingerprint density at radius 1 is 1.32 bits per heavy atom. The van der Waals surface area contributed by atoms with E-state index in [9.17, 15) is 24.1 Å². The van der Waals surface area contributed by atoms with Crippen LogP contribution in [0.15, 0.2) is 52.2 Å². The Morgan fingerprint density at radius 2 is 2.03 bits per heavy atom. The second-order valence-corrected chi connectivity index (χ2v) is 9.63. The quantitative estimate of drug-likeness (QED) is 0.177. The number of alkyl halides is 1. The summed E-state index contributed by atoms with van der Waals surface area (Å²) in [6, 6.07) is 7.99. The Balaban J connectivity index is 1.77. The largest absolute Gasteiger partial charge is 0.693 e. The highest BCUT2D eigenvalue weighted by Gasteiger charge is 2.56. The van der Waals surface area contributed by atoms with Gasteiger partial charge in [0.15, 0.2) is 23.7 Å². The number of aromatic amines is 1. The Hall–Kier alpha value is -2.96. The molecule has 2 N–H and O–H groups in total. The lowest BCUT2D eigenvalue weighted by Gasteiger charge is -2.24. The number of esters is 1. The van der Waals surface area contributed by atoms with Gasteiger partial charge in [0, 0.05) is 16.8 Å². The predicted octanol–water partition coefficient (Wildman–Crippen LogP) is 2.22. The van der Waals surface area contributed by atoms with Gasteiger partial charge in [0.1, 0.15) is 18.8 Å². The van der Waals surface area contributed by atoms with Gasteiger partial charge < -0.3 is 14.6 Å². The lowest BCUT2D eigenvalue weighted by atomic mass is 9.98. The van der Waals surface area contributed by atoms with Crippen molar-refractivity contribution in [3.63, 3.8) is 0 Å². The van der Waals surface area contributed by atoms with Crippen LogP contribution in [-0.2, 0) is 23.7 Å². The molecule has 1 unspecified atom stereocenters. The number of para-hydroxylation sites is 1. The van der Waals surface area contributed by atoms with Crippen molar-refractivity contribution in [2.75, 3.05) is 13.2 Å². The zero-order valence-corrected chi connectivity index (χ0v) is 21.5. The number of unbranched alkanes of at least 4 members (excludes halogenated alkanes) is 1. The number of nitrogens with zero attached hydrogens (tertiary/aromatic N) is 2. The summed E-state index contributed by atoms with van der Waals surface area (Å²) in [6.45, 7) is 3.95. The fourth-order valence-electron chi connectivity index (χ4n) is 3.55. The number of ether oxygens (including phenoxy) is 2. The second kappa shape index (κ2) is 12.5. The van der Waals surface area contributed by atoms with Crippen LogP contribution in [0, 0.1) is 0 Å². The smallest absolute Gasteiger partial charge is 0.464 e. The van der Waals surface area contributed by atoms with Crippen molar-refractivity contribution in [3.8, 4) is 5.75 Å². The Labute approximate surface area is 212 Å². The number of aromatic nitrogens is 2. The third-order valence-corrected chi connectivity index (χ3v) is 6.84. The van der Waals surface area contributed by atoms with Crippen LogP contribution in [-0.4, -0.2) is 62.6 Å². The van der Waals surface area contributed by atoms with E-state index in [4.69, 9.17) is 18.8 Å². The van der Waals surface area contributed by atoms with Gasteiger partial charge in [0.2, 0.25) is 0 Å². The van der Waals surface area contributed by atoms with Gasteiger partial charge in [-0.3, -0.25) is 24.0 Å². The molecule has 2 heterocycles. The van der Waals surface area contributed by atoms with E-state index in [1.165, 1.54) is 6.92 Å². The first-order chi connectivity index (χ1) is 17.6. The van der Waals surface area contributed by atoms with Gasteiger partial charge >= 0.3 is 19.8 Å². The predicted molar refractivity (Wildman–Crippen MR) is 129 cm³/mol. The molecule has 0 spiro atoms. The van der Waals surface area contributed by atoms with Crippen LogP contribution in [0.25, 0.3) is 0 Å². The number of benzene rings is 1. The van der Waals surface area contributed by atoms with Crippen molar-refractivity contribution >= 4 is 14.1 Å². The van der Waals surface area contributed by atoms with Gasteiger partial charge in [0.05, 0.1) is 11.4 Å². The van der Waals surface area contributed by atoms with Crippen molar-refractivity contribution < 1.29 is 37.7 Å². The molecule has 2 aromatic rings. The van der Waals surface area contributed by atoms with Crippen molar-refractivity contribution in [1.82, 2.24) is 14.4 Å². The van der Waals surface area contributed by atoms with E-state index in [-0.39, 0.29) is 12.4 Å². The highest BCUT2D eigenvalue weighted by molar-refractivity contribution is 7.36. The molecule has 1 aromatic carbocycles. The molecule has 1 aliphatic rings. The fraction of sp³-hybridized carbons (Fsp3) is 0.522. The van der Waals surface area contributed by atoms with Crippen LogP contribution in [0.3, 0.4) is 0 Å². The lowest BCUT2D eigenvalue weighted by molar-refractivity contribution is -0.181. The Kier molecular flexibility index (Phi) is 9.68. The highest BCUT2D eigenvalue weighted by Crippen LogP contribution is 2.41. The number of hydroxylamine groups is 1. The Morgan fingerprint density at radius 3 is 2.68 bits per heavy atom. The molecule has 6 atom stereocenters. The molecule has 0 bridgehead atoms. The maximum atomic E-state index is 15.5. The summed E-state index contributed by atoms with van der Waals surface area (Å²) < 4.78 is 45.5. The van der Waals surface area contributed by atoms with Crippen molar-refractivity contribution in [2.45, 2.75) is 63.8 Å². The highest BCUT2D eigenvalue weighted by atomic mass is 31.1. The molecule has 0 saturated carbocycles. The monoisotopic (exact) mass is 542 g/mol. The van der Waals surface area contributed by atoms with Crippen molar-refractivity contribution in [3.05, 3.63) is 63.4 Å². The van der Waals surface area contributed by atoms with Gasteiger partial charge in [-0.2, -0.15) is 0 Å². The fourth-order valence-corrected chi connectivity index (χ4v) is 4.47. The summed E-state index contributed by atoms with van der Waals surface area (Å²) in [6.07, 6.45) is -2.24. The van der Waals surface area contributed by atoms with Gasteiger partial charge in [-0.25, -0.2) is 13.7 Å². The van der Waals surface area contributed by atoms with Crippen LogP contribution in [0.2, 0.25) is 0 Å². The maximum absolute atomic E-state index is 15.5. The number of rotatable bonds is 12. The number of hydrogen-bond donors (Lipinski definition) is 2. The van der Waals surface area contributed by atoms with Gasteiger partial charge in [-0.05, 0) is 32.4 Å². The van der Waals surface area contributed by atoms with Crippen LogP contribution >= 0.6 is 8.18 Å². The number of aliphatic hydroxyl groups is 1. The molecule has 12 nitrogen and oxygen atoms in total. The molecule has 37 heavy (non-hydrogen) atoms. The van der Waals surface area contributed by atoms with Crippen LogP contribution in [0.5, 0.6) is 5.75 Å². The maximum Gasteiger partial charge on any atom is 0.693 e. The number of halogens is 1. The van der Waals surface area contributed by atoms with E-state index in [1.54, 1.807) is 30.3 Å². The third kappa shape index (κ3) is 6.88. The normalized spacial score (nSPS) is 24.6. The van der Waals surface area contributed by atoms with Gasteiger partial charge in [0.25, 0.3) is 5.56 Å². The summed E-state index contributed by atoms with van der Waals surface area (Å²) in [7, 11) is -2.80. The molecule has 14 heteroatoms. The molecular formula is C23H30FN3O9P+. The minimum absolute atomic E-state index is 0.157. The molecular weight excluding hydrogens is 512 g/mol. The number of H-pyrrole nitrogens is 1. The van der Waals surface area contributed by atoms with Gasteiger partial charge in [-0.1, -0.05) is 31.5 Å². The number of aliphatic hydroxyl groups excluding tert-OH is 1. The average molecular weight is 542 g/mol. The van der Waals surface area contributed by atoms with Crippen molar-refractivity contribution in [2.24, 2.45) is 0 Å². The van der Waals surface area contributed by atoms with Crippen LogP contribution < -0.4 is 15.8 Å².